The van der Waals surface area contributed by atoms with Crippen molar-refractivity contribution in [1.29, 1.82) is 10.9 Å². The molecule has 0 radical (unpaired) electrons. The van der Waals surface area contributed by atoms with E-state index in [2.05, 4.69) is 10.6 Å². The van der Waals surface area contributed by atoms with Crippen molar-refractivity contribution in [2.45, 2.75) is 22.6 Å². The Morgan fingerprint density at radius 1 is 1.30 bits per heavy atom. The summed E-state index contributed by atoms with van der Waals surface area (Å²) in [7, 11) is -8.44. The van der Waals surface area contributed by atoms with Crippen molar-refractivity contribution < 1.29 is 16.8 Å². The Morgan fingerprint density at radius 3 is 2.33 bits per heavy atom. The molecular formula is C14H23N7O4S2. The summed E-state index contributed by atoms with van der Waals surface area (Å²) in [6.45, 7) is 1.66. The van der Waals surface area contributed by atoms with Gasteiger partial charge in [0.15, 0.2) is 15.7 Å². The van der Waals surface area contributed by atoms with E-state index in [9.17, 15) is 16.8 Å². The molecule has 0 atom stereocenters. The van der Waals surface area contributed by atoms with Gasteiger partial charge in [0.2, 0.25) is 10.0 Å². The number of piperidine rings is 1. The Hall–Kier alpha value is -2.09. The molecule has 1 aromatic carbocycles. The van der Waals surface area contributed by atoms with Crippen molar-refractivity contribution in [3.63, 3.8) is 0 Å². The highest BCUT2D eigenvalue weighted by atomic mass is 32.2. The highest BCUT2D eigenvalue weighted by molar-refractivity contribution is 7.93. The Bertz CT molecular complexity index is 952. The van der Waals surface area contributed by atoms with E-state index in [0.717, 1.165) is 19.1 Å². The Kier molecular flexibility index (Phi) is 6.19. The average Bonchev–Trinajstić information content (AvgIpc) is 2.59. The van der Waals surface area contributed by atoms with E-state index in [-0.39, 0.29) is 5.56 Å². The van der Waals surface area contributed by atoms with Crippen LogP contribution in [0.15, 0.2) is 27.1 Å². The third-order valence-corrected chi connectivity index (χ3v) is 6.75. The Balaban J connectivity index is 2.75. The summed E-state index contributed by atoms with van der Waals surface area (Å²) in [4.78, 5) is 0.671. The maximum atomic E-state index is 12.2. The number of primary sulfonamides is 1. The minimum atomic E-state index is -4.50. The average molecular weight is 418 g/mol. The van der Waals surface area contributed by atoms with Gasteiger partial charge < -0.3 is 10.6 Å². The van der Waals surface area contributed by atoms with Crippen molar-refractivity contribution in [2.24, 2.45) is 22.0 Å². The van der Waals surface area contributed by atoms with Crippen molar-refractivity contribution >= 4 is 31.4 Å². The summed E-state index contributed by atoms with van der Waals surface area (Å²) in [6.07, 6.45) is 2.41. The zero-order valence-electron chi connectivity index (χ0n) is 14.8. The molecule has 7 N–H and O–H groups in total. The molecule has 1 heterocycles. The SMILES string of the molecule is CS(=O)(=O)c1ccc(N2CCC(CN)CC2)c(C(=N)NN=N)c1S(N)(=O)=O. The topological polar surface area (TPSA) is 196 Å². The van der Waals surface area contributed by atoms with Gasteiger partial charge in [0, 0.05) is 25.0 Å². The molecule has 150 valence electrons. The van der Waals surface area contributed by atoms with Gasteiger partial charge in [0.1, 0.15) is 4.90 Å². The molecule has 0 spiro atoms. The summed E-state index contributed by atoms with van der Waals surface area (Å²) in [5, 5.41) is 16.3. The van der Waals surface area contributed by atoms with Crippen LogP contribution < -0.4 is 21.2 Å². The third-order valence-electron chi connectivity index (χ3n) is 4.49. The Morgan fingerprint density at radius 2 is 1.89 bits per heavy atom. The van der Waals surface area contributed by atoms with Gasteiger partial charge >= 0.3 is 0 Å². The number of anilines is 1. The molecule has 13 heteroatoms. The second kappa shape index (κ2) is 7.88. The fraction of sp³-hybridized carbons (Fsp3) is 0.500. The van der Waals surface area contributed by atoms with Crippen molar-refractivity contribution in [3.8, 4) is 0 Å². The molecule has 0 aromatic heterocycles. The fourth-order valence-corrected chi connectivity index (χ4v) is 5.55. The van der Waals surface area contributed by atoms with Crippen LogP contribution in [0.25, 0.3) is 0 Å². The molecule has 0 bridgehead atoms. The number of rotatable bonds is 6. The predicted octanol–water partition coefficient (Wildman–Crippen LogP) is -0.226. The van der Waals surface area contributed by atoms with Crippen LogP contribution in [0, 0.1) is 16.9 Å². The molecule has 1 aliphatic rings. The van der Waals surface area contributed by atoms with E-state index >= 15 is 0 Å². The summed E-state index contributed by atoms with van der Waals surface area (Å²) in [5.74, 6) is -0.186. The predicted molar refractivity (Wildman–Crippen MR) is 100 cm³/mol. The lowest BCUT2D eigenvalue weighted by molar-refractivity contribution is 0.414. The number of nitrogens with one attached hydrogen (secondary N) is 3. The van der Waals surface area contributed by atoms with Gasteiger partial charge in [-0.1, -0.05) is 5.22 Å². The van der Waals surface area contributed by atoms with Crippen LogP contribution in [-0.4, -0.2) is 48.6 Å². The van der Waals surface area contributed by atoms with E-state index in [0.29, 0.717) is 31.2 Å². The van der Waals surface area contributed by atoms with Gasteiger partial charge in [0.05, 0.1) is 10.5 Å². The zero-order valence-corrected chi connectivity index (χ0v) is 16.4. The van der Waals surface area contributed by atoms with Gasteiger partial charge in [-0.15, -0.1) is 0 Å². The molecule has 0 amide bonds. The van der Waals surface area contributed by atoms with Crippen LogP contribution in [0.2, 0.25) is 0 Å². The smallest absolute Gasteiger partial charge is 0.240 e. The van der Waals surface area contributed by atoms with E-state index < -0.39 is 35.5 Å². The lowest BCUT2D eigenvalue weighted by Crippen LogP contribution is -2.38. The van der Waals surface area contributed by atoms with Crippen LogP contribution in [0.5, 0.6) is 0 Å². The molecule has 2 rings (SSSR count). The minimum absolute atomic E-state index is 0.220. The van der Waals surface area contributed by atoms with Gasteiger partial charge in [-0.2, -0.15) is 5.53 Å². The number of nitrogens with two attached hydrogens (primary N) is 2. The fourth-order valence-electron chi connectivity index (χ4n) is 3.15. The van der Waals surface area contributed by atoms with Crippen molar-refractivity contribution in [1.82, 2.24) is 5.43 Å². The van der Waals surface area contributed by atoms with Crippen LogP contribution in [0.1, 0.15) is 18.4 Å². The number of amidine groups is 1. The molecule has 0 unspecified atom stereocenters. The van der Waals surface area contributed by atoms with Crippen LogP contribution >= 0.6 is 0 Å². The van der Waals surface area contributed by atoms with Gasteiger partial charge in [-0.3, -0.25) is 5.41 Å². The monoisotopic (exact) mass is 417 g/mol. The normalized spacial score (nSPS) is 16.2. The number of hydrogen-bond acceptors (Lipinski definition) is 9. The first-order chi connectivity index (χ1) is 12.5. The molecule has 1 aromatic rings. The first-order valence-electron chi connectivity index (χ1n) is 8.07. The lowest BCUT2D eigenvalue weighted by atomic mass is 9.96. The standard InChI is InChI=1S/C14H23N7O4S2/c1-26(22,23)11-3-2-10(21-6-4-9(8-15)5-7-21)12(14(16)19-20-17)13(11)27(18,24)25/h2-3,9H,4-8,15H2,1H3,(H3,16,17,19)(H2,18,24,25). The van der Waals surface area contributed by atoms with Crippen LogP contribution in [0.4, 0.5) is 5.69 Å². The first-order valence-corrected chi connectivity index (χ1v) is 11.5. The van der Waals surface area contributed by atoms with Crippen molar-refractivity contribution in [3.05, 3.63) is 17.7 Å². The molecule has 27 heavy (non-hydrogen) atoms. The number of sulfonamides is 1. The van der Waals surface area contributed by atoms with E-state index in [1.54, 1.807) is 0 Å². The molecular weight excluding hydrogens is 394 g/mol. The van der Waals surface area contributed by atoms with Crippen LogP contribution in [0.3, 0.4) is 0 Å². The summed E-state index contributed by atoms with van der Waals surface area (Å²) < 4.78 is 48.7. The van der Waals surface area contributed by atoms with Gasteiger partial charge in [-0.25, -0.2) is 27.4 Å². The number of benzene rings is 1. The van der Waals surface area contributed by atoms with Crippen molar-refractivity contribution in [2.75, 3.05) is 30.8 Å². The molecule has 1 saturated heterocycles. The summed E-state index contributed by atoms with van der Waals surface area (Å²) in [6, 6.07) is 2.62. The summed E-state index contributed by atoms with van der Waals surface area (Å²) in [5.41, 5.74) is 14.8. The highest BCUT2D eigenvalue weighted by Gasteiger charge is 2.31. The van der Waals surface area contributed by atoms with Crippen LogP contribution in [-0.2, 0) is 19.9 Å². The first kappa shape index (κ1) is 21.2. The second-order valence-corrected chi connectivity index (χ2v) is 9.85. The number of sulfone groups is 1. The molecule has 0 aliphatic carbocycles. The molecule has 0 saturated carbocycles. The largest absolute Gasteiger partial charge is 0.371 e. The summed E-state index contributed by atoms with van der Waals surface area (Å²) >= 11 is 0. The maximum Gasteiger partial charge on any atom is 0.240 e. The molecule has 1 fully saturated rings. The quantitative estimate of drug-likeness (QED) is 0.182. The van der Waals surface area contributed by atoms with E-state index in [1.807, 2.05) is 4.90 Å². The third kappa shape index (κ3) is 4.61. The lowest BCUT2D eigenvalue weighted by Gasteiger charge is -2.35. The van der Waals surface area contributed by atoms with Gasteiger partial charge in [0.25, 0.3) is 0 Å². The number of nitrogens with zero attached hydrogens (tertiary/aromatic N) is 2. The van der Waals surface area contributed by atoms with E-state index in [1.165, 1.54) is 12.1 Å². The number of hydrogen-bond donors (Lipinski definition) is 5. The Labute approximate surface area is 158 Å². The second-order valence-electron chi connectivity index (χ2n) is 6.37. The maximum absolute atomic E-state index is 12.2. The van der Waals surface area contributed by atoms with E-state index in [4.69, 9.17) is 21.8 Å². The zero-order chi connectivity index (χ0) is 20.4. The highest BCUT2D eigenvalue weighted by Crippen LogP contribution is 2.34. The van der Waals surface area contributed by atoms with Gasteiger partial charge in [-0.05, 0) is 37.4 Å². The molecule has 1 aliphatic heterocycles. The minimum Gasteiger partial charge on any atom is -0.371 e. The molecule has 11 nitrogen and oxygen atoms in total.